The van der Waals surface area contributed by atoms with E-state index in [-0.39, 0.29) is 17.3 Å². The van der Waals surface area contributed by atoms with Crippen molar-refractivity contribution in [3.05, 3.63) is 63.7 Å². The van der Waals surface area contributed by atoms with Crippen molar-refractivity contribution in [3.8, 4) is 11.5 Å². The molecular formula is C17H18N2O5. The number of nitro groups is 1. The van der Waals surface area contributed by atoms with Crippen molar-refractivity contribution >= 4 is 11.6 Å². The third kappa shape index (κ3) is 3.88. The summed E-state index contributed by atoms with van der Waals surface area (Å²) >= 11 is 0. The smallest absolute Gasteiger partial charge is 0.311 e. The van der Waals surface area contributed by atoms with E-state index in [4.69, 9.17) is 4.74 Å². The molecule has 0 heterocycles. The van der Waals surface area contributed by atoms with Crippen LogP contribution in [0.2, 0.25) is 0 Å². The van der Waals surface area contributed by atoms with E-state index in [1.807, 2.05) is 0 Å². The first kappa shape index (κ1) is 17.4. The Kier molecular flexibility index (Phi) is 5.15. The van der Waals surface area contributed by atoms with Gasteiger partial charge in [-0.25, -0.2) is 0 Å². The number of nitro benzene ring substituents is 1. The maximum atomic E-state index is 12.0. The zero-order chi connectivity index (χ0) is 17.9. The molecule has 0 aliphatic carbocycles. The first-order chi connectivity index (χ1) is 11.3. The van der Waals surface area contributed by atoms with Gasteiger partial charge in [-0.3, -0.25) is 14.9 Å². The maximum absolute atomic E-state index is 12.0. The molecule has 126 valence electrons. The molecule has 7 nitrogen and oxygen atoms in total. The van der Waals surface area contributed by atoms with E-state index < -0.39 is 11.0 Å². The number of nitrogens with zero attached hydrogens (tertiary/aromatic N) is 2. The predicted octanol–water partition coefficient (Wildman–Crippen LogP) is 3.14. The van der Waals surface area contributed by atoms with Crippen LogP contribution in [0.5, 0.6) is 11.5 Å². The third-order valence-electron chi connectivity index (χ3n) is 3.38. The number of carbonyl (C=O) groups excluding carboxylic acids is 1. The Morgan fingerprint density at radius 3 is 2.54 bits per heavy atom. The van der Waals surface area contributed by atoms with Crippen molar-refractivity contribution in [1.82, 2.24) is 4.90 Å². The number of aliphatic hydroxyl groups excluding tert-OH is 1. The summed E-state index contributed by atoms with van der Waals surface area (Å²) < 4.78 is 5.61. The highest BCUT2D eigenvalue weighted by Crippen LogP contribution is 2.34. The van der Waals surface area contributed by atoms with Crippen molar-refractivity contribution in [3.63, 3.8) is 0 Å². The molecule has 2 aromatic rings. The van der Waals surface area contributed by atoms with Crippen LogP contribution < -0.4 is 4.74 Å². The van der Waals surface area contributed by atoms with Crippen LogP contribution in [0, 0.1) is 10.1 Å². The van der Waals surface area contributed by atoms with Crippen LogP contribution >= 0.6 is 0 Å². The Bertz CT molecular complexity index is 771. The lowest BCUT2D eigenvalue weighted by atomic mass is 10.1. The first-order valence-electron chi connectivity index (χ1n) is 7.25. The van der Waals surface area contributed by atoms with E-state index in [0.717, 1.165) is 0 Å². The Morgan fingerprint density at radius 1 is 1.25 bits per heavy atom. The first-order valence-corrected chi connectivity index (χ1v) is 7.25. The molecule has 0 radical (unpaired) electrons. The second-order valence-electron chi connectivity index (χ2n) is 5.49. The highest BCUT2D eigenvalue weighted by molar-refractivity contribution is 5.94. The molecule has 0 bridgehead atoms. The van der Waals surface area contributed by atoms with Crippen LogP contribution in [0.25, 0.3) is 0 Å². The largest absolute Gasteiger partial charge is 0.450 e. The molecule has 2 rings (SSSR count). The minimum absolute atomic E-state index is 0.00727. The number of carbonyl (C=O) groups is 1. The number of hydrogen-bond donors (Lipinski definition) is 1. The van der Waals surface area contributed by atoms with Gasteiger partial charge in [-0.1, -0.05) is 6.07 Å². The van der Waals surface area contributed by atoms with Gasteiger partial charge in [0.05, 0.1) is 11.0 Å². The number of hydrogen-bond acceptors (Lipinski definition) is 5. The lowest BCUT2D eigenvalue weighted by molar-refractivity contribution is -0.385. The van der Waals surface area contributed by atoms with Crippen LogP contribution in [0.4, 0.5) is 5.69 Å². The summed E-state index contributed by atoms with van der Waals surface area (Å²) in [6.45, 7) is 1.56. The van der Waals surface area contributed by atoms with E-state index in [2.05, 4.69) is 0 Å². The van der Waals surface area contributed by atoms with Gasteiger partial charge in [0.2, 0.25) is 5.75 Å². The zero-order valence-corrected chi connectivity index (χ0v) is 13.6. The molecule has 0 fully saturated rings. The lowest BCUT2D eigenvalue weighted by Gasteiger charge is -2.13. The standard InChI is InChI=1S/C17H18N2O5/c1-11(20)12-7-8-15(19(22)23)16(10-12)24-14-6-4-5-13(9-14)17(21)18(2)3/h4-11,20H,1-3H3. The van der Waals surface area contributed by atoms with Gasteiger partial charge in [0.15, 0.2) is 0 Å². The fourth-order valence-electron chi connectivity index (χ4n) is 2.10. The third-order valence-corrected chi connectivity index (χ3v) is 3.38. The molecule has 1 atom stereocenters. The average Bonchev–Trinajstić information content (AvgIpc) is 2.53. The number of aliphatic hydroxyl groups is 1. The summed E-state index contributed by atoms with van der Waals surface area (Å²) in [6.07, 6.45) is -0.783. The van der Waals surface area contributed by atoms with Gasteiger partial charge in [0, 0.05) is 25.7 Å². The Hall–Kier alpha value is -2.93. The van der Waals surface area contributed by atoms with E-state index in [1.165, 1.54) is 29.2 Å². The summed E-state index contributed by atoms with van der Waals surface area (Å²) in [7, 11) is 3.26. The molecule has 0 aromatic heterocycles. The van der Waals surface area contributed by atoms with Gasteiger partial charge in [-0.15, -0.1) is 0 Å². The molecule has 1 N–H and O–H groups in total. The quantitative estimate of drug-likeness (QED) is 0.671. The van der Waals surface area contributed by atoms with Crippen molar-refractivity contribution < 1.29 is 19.6 Å². The van der Waals surface area contributed by atoms with E-state index in [1.54, 1.807) is 39.2 Å². The molecule has 0 aliphatic rings. The zero-order valence-electron chi connectivity index (χ0n) is 13.6. The maximum Gasteiger partial charge on any atom is 0.311 e. The number of ether oxygens (including phenoxy) is 1. The molecule has 1 unspecified atom stereocenters. The van der Waals surface area contributed by atoms with Gasteiger partial charge < -0.3 is 14.7 Å². The predicted molar refractivity (Wildman–Crippen MR) is 88.3 cm³/mol. The summed E-state index contributed by atoms with van der Waals surface area (Å²) in [4.78, 5) is 24.0. The Labute approximate surface area is 139 Å². The summed E-state index contributed by atoms with van der Waals surface area (Å²) in [5, 5.41) is 20.8. The van der Waals surface area contributed by atoms with E-state index >= 15 is 0 Å². The second kappa shape index (κ2) is 7.10. The lowest BCUT2D eigenvalue weighted by Crippen LogP contribution is -2.21. The summed E-state index contributed by atoms with van der Waals surface area (Å²) in [6, 6.07) is 10.6. The fourth-order valence-corrected chi connectivity index (χ4v) is 2.10. The van der Waals surface area contributed by atoms with Crippen LogP contribution in [0.3, 0.4) is 0 Å². The van der Waals surface area contributed by atoms with E-state index in [0.29, 0.717) is 16.9 Å². The molecule has 7 heteroatoms. The van der Waals surface area contributed by atoms with Crippen LogP contribution in [0.15, 0.2) is 42.5 Å². The summed E-state index contributed by atoms with van der Waals surface area (Å²) in [5.41, 5.74) is 0.687. The second-order valence-corrected chi connectivity index (χ2v) is 5.49. The molecule has 0 saturated heterocycles. The Balaban J connectivity index is 2.40. The van der Waals surface area contributed by atoms with E-state index in [9.17, 15) is 20.0 Å². The SMILES string of the molecule is CC(O)c1ccc([N+](=O)[O-])c(Oc2cccc(C(=O)N(C)C)c2)c1. The van der Waals surface area contributed by atoms with Gasteiger partial charge >= 0.3 is 5.69 Å². The fraction of sp³-hybridized carbons (Fsp3) is 0.235. The highest BCUT2D eigenvalue weighted by atomic mass is 16.6. The molecule has 1 amide bonds. The van der Waals surface area contributed by atoms with Gasteiger partial charge in [-0.05, 0) is 42.8 Å². The van der Waals surface area contributed by atoms with Gasteiger partial charge in [0.1, 0.15) is 5.75 Å². The van der Waals surface area contributed by atoms with Crippen LogP contribution in [0.1, 0.15) is 28.9 Å². The molecule has 2 aromatic carbocycles. The van der Waals surface area contributed by atoms with Crippen molar-refractivity contribution in [2.75, 3.05) is 14.1 Å². The van der Waals surface area contributed by atoms with Crippen LogP contribution in [-0.4, -0.2) is 34.9 Å². The minimum Gasteiger partial charge on any atom is -0.450 e. The number of benzene rings is 2. The number of rotatable bonds is 5. The summed E-state index contributed by atoms with van der Waals surface area (Å²) in [5.74, 6) is 0.106. The molecular weight excluding hydrogens is 312 g/mol. The molecule has 0 spiro atoms. The van der Waals surface area contributed by atoms with Crippen molar-refractivity contribution in [2.45, 2.75) is 13.0 Å². The average molecular weight is 330 g/mol. The topological polar surface area (TPSA) is 92.9 Å². The molecule has 24 heavy (non-hydrogen) atoms. The molecule has 0 aliphatic heterocycles. The van der Waals surface area contributed by atoms with Gasteiger partial charge in [0.25, 0.3) is 5.91 Å². The normalized spacial score (nSPS) is 11.7. The van der Waals surface area contributed by atoms with Gasteiger partial charge in [-0.2, -0.15) is 0 Å². The van der Waals surface area contributed by atoms with Crippen LogP contribution in [-0.2, 0) is 0 Å². The Morgan fingerprint density at radius 2 is 1.96 bits per heavy atom. The van der Waals surface area contributed by atoms with Crippen molar-refractivity contribution in [1.29, 1.82) is 0 Å². The monoisotopic (exact) mass is 330 g/mol. The van der Waals surface area contributed by atoms with Crippen molar-refractivity contribution in [2.24, 2.45) is 0 Å². The molecule has 0 saturated carbocycles. The minimum atomic E-state index is -0.783. The highest BCUT2D eigenvalue weighted by Gasteiger charge is 2.18. The number of amides is 1.